The monoisotopic (exact) mass is 492 g/mol. The zero-order chi connectivity index (χ0) is 20.4. The largest absolute Gasteiger partial charge is 0.495 e. The van der Waals surface area contributed by atoms with Gasteiger partial charge in [0.1, 0.15) is 11.3 Å². The lowest BCUT2D eigenvalue weighted by Gasteiger charge is -2.30. The molecule has 0 radical (unpaired) electrons. The van der Waals surface area contributed by atoms with Crippen LogP contribution in [0, 0.1) is 6.92 Å². The molecule has 0 amide bonds. The van der Waals surface area contributed by atoms with Crippen molar-refractivity contribution in [2.24, 2.45) is 0 Å². The number of ether oxygens (including phenoxy) is 1. The van der Waals surface area contributed by atoms with Crippen molar-refractivity contribution in [3.8, 4) is 5.75 Å². The zero-order valence-corrected chi connectivity index (χ0v) is 19.7. The molecule has 1 aromatic heterocycles. The van der Waals surface area contributed by atoms with E-state index in [2.05, 4.69) is 78.9 Å². The van der Waals surface area contributed by atoms with E-state index in [1.165, 1.54) is 11.1 Å². The molecule has 1 atom stereocenters. The molecule has 1 saturated heterocycles. The smallest absolute Gasteiger partial charge is 0.160 e. The first-order chi connectivity index (χ1) is 14.1. The Labute approximate surface area is 191 Å². The first-order valence-electron chi connectivity index (χ1n) is 9.77. The molecular weight excluding hydrogens is 468 g/mol. The maximum absolute atomic E-state index is 5.65. The highest BCUT2D eigenvalue weighted by molar-refractivity contribution is 9.10. The Balaban J connectivity index is 0.00000256. The molecule has 30 heavy (non-hydrogen) atoms. The minimum Gasteiger partial charge on any atom is -0.495 e. The van der Waals surface area contributed by atoms with Crippen molar-refractivity contribution in [1.29, 1.82) is 0 Å². The summed E-state index contributed by atoms with van der Waals surface area (Å²) < 4.78 is 6.75. The highest BCUT2D eigenvalue weighted by Crippen LogP contribution is 2.36. The lowest BCUT2D eigenvalue weighted by atomic mass is 10.0. The van der Waals surface area contributed by atoms with Crippen molar-refractivity contribution >= 4 is 50.7 Å². The van der Waals surface area contributed by atoms with Crippen molar-refractivity contribution < 1.29 is 4.74 Å². The summed E-state index contributed by atoms with van der Waals surface area (Å²) in [6.45, 7) is 8.02. The van der Waals surface area contributed by atoms with Crippen LogP contribution >= 0.6 is 28.3 Å². The van der Waals surface area contributed by atoms with Crippen LogP contribution in [0.5, 0.6) is 5.75 Å². The molecule has 2 N–H and O–H groups in total. The van der Waals surface area contributed by atoms with Crippen molar-refractivity contribution in [3.05, 3.63) is 45.9 Å². The number of fused-ring (bicyclic) bond motifs is 1. The Morgan fingerprint density at radius 1 is 1.20 bits per heavy atom. The summed E-state index contributed by atoms with van der Waals surface area (Å²) in [5.74, 6) is 1.53. The maximum atomic E-state index is 5.65. The molecule has 1 aliphatic rings. The molecule has 160 valence electrons. The molecule has 2 heterocycles. The first-order valence-corrected chi connectivity index (χ1v) is 10.6. The van der Waals surface area contributed by atoms with Gasteiger partial charge in [-0.1, -0.05) is 28.1 Å². The van der Waals surface area contributed by atoms with Gasteiger partial charge in [-0.3, -0.25) is 0 Å². The maximum Gasteiger partial charge on any atom is 0.160 e. The number of anilines is 2. The van der Waals surface area contributed by atoms with Crippen molar-refractivity contribution in [2.45, 2.75) is 19.9 Å². The molecule has 0 unspecified atom stereocenters. The minimum absolute atomic E-state index is 0. The van der Waals surface area contributed by atoms with Gasteiger partial charge in [-0.05, 0) is 42.3 Å². The Morgan fingerprint density at radius 2 is 1.97 bits per heavy atom. The van der Waals surface area contributed by atoms with Crippen molar-refractivity contribution in [2.75, 3.05) is 43.5 Å². The number of methoxy groups -OCH3 is 1. The van der Waals surface area contributed by atoms with Crippen LogP contribution in [0.4, 0.5) is 11.5 Å². The summed E-state index contributed by atoms with van der Waals surface area (Å²) in [6, 6.07) is 10.4. The van der Waals surface area contributed by atoms with Gasteiger partial charge in [0.25, 0.3) is 0 Å². The molecular formula is C21H26BrClN6O. The molecule has 1 aliphatic heterocycles. The Kier molecular flexibility index (Phi) is 7.33. The average Bonchev–Trinajstić information content (AvgIpc) is 2.75. The van der Waals surface area contributed by atoms with E-state index in [9.17, 15) is 0 Å². The van der Waals surface area contributed by atoms with Gasteiger partial charge in [0.05, 0.1) is 18.8 Å². The van der Waals surface area contributed by atoms with Crippen LogP contribution in [0.3, 0.4) is 0 Å². The standard InChI is InChI=1S/C21H25BrN6O.ClH/c1-13-15(5-4-6-17(13)22)14(2)24-21-16-11-19(28-9-7-23-8-10-28)20(29-3)12-18(16)25-27-26-21;/h4-6,11-12,14,23H,7-10H2,1-3H3,(H,24,25,26);1H/t14-;/m1./s1. The third kappa shape index (κ3) is 4.45. The fourth-order valence-corrected chi connectivity index (χ4v) is 4.18. The van der Waals surface area contributed by atoms with Gasteiger partial charge in [-0.25, -0.2) is 0 Å². The summed E-state index contributed by atoms with van der Waals surface area (Å²) >= 11 is 3.62. The quantitative estimate of drug-likeness (QED) is 0.554. The normalized spacial score (nSPS) is 14.9. The number of halogens is 2. The third-order valence-corrected chi connectivity index (χ3v) is 6.30. The molecule has 1 fully saturated rings. The number of nitrogens with one attached hydrogen (secondary N) is 2. The second-order valence-corrected chi connectivity index (χ2v) is 8.09. The Hall–Kier alpha value is -2.16. The van der Waals surface area contributed by atoms with E-state index in [1.807, 2.05) is 12.1 Å². The molecule has 9 heteroatoms. The third-order valence-electron chi connectivity index (χ3n) is 5.44. The van der Waals surface area contributed by atoms with E-state index < -0.39 is 0 Å². The van der Waals surface area contributed by atoms with E-state index in [0.29, 0.717) is 0 Å². The van der Waals surface area contributed by atoms with Crippen LogP contribution in [0.25, 0.3) is 10.9 Å². The SMILES string of the molecule is COc1cc2nnnc(N[C@H](C)c3cccc(Br)c3C)c2cc1N1CCNCC1.Cl. The predicted octanol–water partition coefficient (Wildman–Crippen LogP) is 4.11. The van der Waals surface area contributed by atoms with Crippen molar-refractivity contribution in [1.82, 2.24) is 20.7 Å². The number of benzene rings is 2. The van der Waals surface area contributed by atoms with Crippen molar-refractivity contribution in [3.63, 3.8) is 0 Å². The second kappa shape index (κ2) is 9.76. The molecule has 3 aromatic rings. The van der Waals surface area contributed by atoms with Gasteiger partial charge >= 0.3 is 0 Å². The van der Waals surface area contributed by atoms with Crippen LogP contribution < -0.4 is 20.3 Å². The number of piperazine rings is 1. The Bertz CT molecular complexity index is 1030. The molecule has 0 aliphatic carbocycles. The molecule has 0 spiro atoms. The second-order valence-electron chi connectivity index (χ2n) is 7.24. The zero-order valence-electron chi connectivity index (χ0n) is 17.3. The van der Waals surface area contributed by atoms with Gasteiger partial charge < -0.3 is 20.3 Å². The van der Waals surface area contributed by atoms with Crippen LogP contribution in [-0.2, 0) is 0 Å². The number of hydrogen-bond donors (Lipinski definition) is 2. The van der Waals surface area contributed by atoms with E-state index in [0.717, 1.165) is 58.8 Å². The lowest BCUT2D eigenvalue weighted by Crippen LogP contribution is -2.43. The van der Waals surface area contributed by atoms with E-state index in [4.69, 9.17) is 4.74 Å². The molecule has 4 rings (SSSR count). The lowest BCUT2D eigenvalue weighted by molar-refractivity contribution is 0.413. The summed E-state index contributed by atoms with van der Waals surface area (Å²) in [5.41, 5.74) is 4.24. The van der Waals surface area contributed by atoms with Gasteiger partial charge in [0, 0.05) is 42.1 Å². The minimum atomic E-state index is 0. The van der Waals surface area contributed by atoms with Gasteiger partial charge in [-0.2, -0.15) is 0 Å². The van der Waals surface area contributed by atoms with Gasteiger partial charge in [0.2, 0.25) is 0 Å². The highest BCUT2D eigenvalue weighted by Gasteiger charge is 2.19. The molecule has 0 bridgehead atoms. The first kappa shape index (κ1) is 22.5. The highest BCUT2D eigenvalue weighted by atomic mass is 79.9. The predicted molar refractivity (Wildman–Crippen MR) is 127 cm³/mol. The average molecular weight is 494 g/mol. The summed E-state index contributed by atoms with van der Waals surface area (Å²) in [5, 5.41) is 20.4. The topological polar surface area (TPSA) is 75.2 Å². The summed E-state index contributed by atoms with van der Waals surface area (Å²) in [4.78, 5) is 2.33. The van der Waals surface area contributed by atoms with Crippen LogP contribution in [0.2, 0.25) is 0 Å². The van der Waals surface area contributed by atoms with Gasteiger partial charge in [0.15, 0.2) is 5.82 Å². The fraction of sp³-hybridized carbons (Fsp3) is 0.381. The molecule has 7 nitrogen and oxygen atoms in total. The summed E-state index contributed by atoms with van der Waals surface area (Å²) in [6.07, 6.45) is 0. The number of nitrogens with zero attached hydrogens (tertiary/aromatic N) is 4. The number of rotatable bonds is 5. The van der Waals surface area contributed by atoms with Crippen LogP contribution in [0.1, 0.15) is 24.1 Å². The van der Waals surface area contributed by atoms with E-state index in [1.54, 1.807) is 7.11 Å². The molecule has 2 aromatic carbocycles. The van der Waals surface area contributed by atoms with E-state index >= 15 is 0 Å². The molecule has 0 saturated carbocycles. The van der Waals surface area contributed by atoms with Crippen LogP contribution in [-0.4, -0.2) is 48.7 Å². The van der Waals surface area contributed by atoms with E-state index in [-0.39, 0.29) is 18.4 Å². The van der Waals surface area contributed by atoms with Gasteiger partial charge in [-0.15, -0.1) is 22.6 Å². The number of hydrogen-bond acceptors (Lipinski definition) is 7. The Morgan fingerprint density at radius 3 is 2.70 bits per heavy atom. The number of aromatic nitrogens is 3. The fourth-order valence-electron chi connectivity index (χ4n) is 3.80. The summed E-state index contributed by atoms with van der Waals surface area (Å²) in [7, 11) is 1.69. The van der Waals surface area contributed by atoms with Crippen LogP contribution in [0.15, 0.2) is 34.8 Å².